The Morgan fingerprint density at radius 3 is 2.68 bits per heavy atom. The first-order chi connectivity index (χ1) is 9.70. The lowest BCUT2D eigenvalue weighted by Gasteiger charge is -2.33. The standard InChI is InChI=1S/C15H23N3O2.2ClH/c1-12(20-14-4-3-7-17-11-14)15(19)18-8-5-13(6-9-18)10-16-2;;/h3-4,7,11-13,16H,5-6,8-10H2,1-2H3;2*1H. The number of carbonyl (C=O) groups excluding carboxylic acids is 1. The lowest BCUT2D eigenvalue weighted by Crippen LogP contribution is -2.45. The molecule has 7 heteroatoms. The topological polar surface area (TPSA) is 54.5 Å². The van der Waals surface area contributed by atoms with Gasteiger partial charge in [-0.05, 0) is 51.4 Å². The van der Waals surface area contributed by atoms with Gasteiger partial charge in [0.05, 0.1) is 6.20 Å². The molecule has 1 saturated heterocycles. The van der Waals surface area contributed by atoms with Gasteiger partial charge in [-0.3, -0.25) is 9.78 Å². The number of nitrogens with zero attached hydrogens (tertiary/aromatic N) is 2. The highest BCUT2D eigenvalue weighted by Gasteiger charge is 2.26. The van der Waals surface area contributed by atoms with Gasteiger partial charge in [-0.1, -0.05) is 0 Å². The SMILES string of the molecule is CNCC1CCN(C(=O)C(C)Oc2cccnc2)CC1.Cl.Cl. The van der Waals surface area contributed by atoms with E-state index in [1.807, 2.05) is 18.0 Å². The van der Waals surface area contributed by atoms with Crippen LogP contribution >= 0.6 is 24.8 Å². The van der Waals surface area contributed by atoms with Crippen molar-refractivity contribution in [2.24, 2.45) is 5.92 Å². The Morgan fingerprint density at radius 2 is 2.14 bits per heavy atom. The average Bonchev–Trinajstić information content (AvgIpc) is 2.48. The van der Waals surface area contributed by atoms with E-state index >= 15 is 0 Å². The molecule has 5 nitrogen and oxygen atoms in total. The van der Waals surface area contributed by atoms with Crippen molar-refractivity contribution in [1.29, 1.82) is 0 Å². The molecule has 22 heavy (non-hydrogen) atoms. The number of ether oxygens (including phenoxy) is 1. The molecule has 0 aromatic carbocycles. The molecule has 0 bridgehead atoms. The lowest BCUT2D eigenvalue weighted by atomic mass is 9.96. The van der Waals surface area contributed by atoms with Crippen molar-refractivity contribution in [3.63, 3.8) is 0 Å². The Labute approximate surface area is 144 Å². The predicted molar refractivity (Wildman–Crippen MR) is 92.1 cm³/mol. The molecule has 1 aliphatic rings. The maximum atomic E-state index is 12.3. The van der Waals surface area contributed by atoms with E-state index in [0.717, 1.165) is 32.5 Å². The first-order valence-corrected chi connectivity index (χ1v) is 7.20. The van der Waals surface area contributed by atoms with Crippen molar-refractivity contribution >= 4 is 30.7 Å². The summed E-state index contributed by atoms with van der Waals surface area (Å²) in [5.41, 5.74) is 0. The smallest absolute Gasteiger partial charge is 0.263 e. The van der Waals surface area contributed by atoms with E-state index in [0.29, 0.717) is 11.7 Å². The second-order valence-corrected chi connectivity index (χ2v) is 5.28. The number of halogens is 2. The largest absolute Gasteiger partial charge is 0.479 e. The number of rotatable bonds is 5. The fourth-order valence-electron chi connectivity index (χ4n) is 2.57. The van der Waals surface area contributed by atoms with Gasteiger partial charge in [0.2, 0.25) is 0 Å². The highest BCUT2D eigenvalue weighted by molar-refractivity contribution is 5.85. The molecule has 0 radical (unpaired) electrons. The summed E-state index contributed by atoms with van der Waals surface area (Å²) in [7, 11) is 1.97. The zero-order chi connectivity index (χ0) is 14.4. The van der Waals surface area contributed by atoms with Crippen LogP contribution in [0, 0.1) is 5.92 Å². The molecule has 1 aliphatic heterocycles. The molecule has 1 atom stereocenters. The summed E-state index contributed by atoms with van der Waals surface area (Å²) in [5.74, 6) is 1.38. The minimum atomic E-state index is -0.458. The van der Waals surface area contributed by atoms with Gasteiger partial charge in [-0.2, -0.15) is 0 Å². The number of hydrogen-bond acceptors (Lipinski definition) is 4. The summed E-state index contributed by atoms with van der Waals surface area (Å²) >= 11 is 0. The van der Waals surface area contributed by atoms with Crippen molar-refractivity contribution < 1.29 is 9.53 Å². The van der Waals surface area contributed by atoms with Crippen LogP contribution in [0.1, 0.15) is 19.8 Å². The molecule has 1 amide bonds. The summed E-state index contributed by atoms with van der Waals surface area (Å²) in [4.78, 5) is 18.2. The number of nitrogens with one attached hydrogen (secondary N) is 1. The molecule has 1 aromatic heterocycles. The number of carbonyl (C=O) groups is 1. The lowest BCUT2D eigenvalue weighted by molar-refractivity contribution is -0.139. The van der Waals surface area contributed by atoms with Crippen molar-refractivity contribution in [2.75, 3.05) is 26.7 Å². The fourth-order valence-corrected chi connectivity index (χ4v) is 2.57. The van der Waals surface area contributed by atoms with Crippen LogP contribution in [0.15, 0.2) is 24.5 Å². The van der Waals surface area contributed by atoms with E-state index in [-0.39, 0.29) is 30.7 Å². The zero-order valence-electron chi connectivity index (χ0n) is 13.0. The molecule has 0 aliphatic carbocycles. The van der Waals surface area contributed by atoms with Gasteiger partial charge < -0.3 is 15.0 Å². The number of likely N-dealkylation sites (tertiary alicyclic amines) is 1. The van der Waals surface area contributed by atoms with Gasteiger partial charge in [-0.25, -0.2) is 0 Å². The van der Waals surface area contributed by atoms with Crippen LogP contribution < -0.4 is 10.1 Å². The molecule has 2 heterocycles. The summed E-state index contributed by atoms with van der Waals surface area (Å²) in [5, 5.41) is 3.20. The Bertz CT molecular complexity index is 426. The molecule has 2 rings (SSSR count). The highest BCUT2D eigenvalue weighted by Crippen LogP contribution is 2.18. The normalized spacial score (nSPS) is 16.2. The number of aromatic nitrogens is 1. The minimum absolute atomic E-state index is 0. The molecule has 0 saturated carbocycles. The van der Waals surface area contributed by atoms with Crippen molar-refractivity contribution in [3.8, 4) is 5.75 Å². The molecule has 126 valence electrons. The minimum Gasteiger partial charge on any atom is -0.479 e. The second-order valence-electron chi connectivity index (χ2n) is 5.28. The van der Waals surface area contributed by atoms with Gasteiger partial charge >= 0.3 is 0 Å². The third kappa shape index (κ3) is 5.99. The molecular weight excluding hydrogens is 325 g/mol. The first kappa shape index (κ1) is 21.0. The van der Waals surface area contributed by atoms with Crippen molar-refractivity contribution in [1.82, 2.24) is 15.2 Å². The third-order valence-corrected chi connectivity index (χ3v) is 3.71. The first-order valence-electron chi connectivity index (χ1n) is 7.20. The van der Waals surface area contributed by atoms with Crippen molar-refractivity contribution in [3.05, 3.63) is 24.5 Å². The van der Waals surface area contributed by atoms with Gasteiger partial charge in [0.1, 0.15) is 5.75 Å². The quantitative estimate of drug-likeness (QED) is 0.884. The maximum absolute atomic E-state index is 12.3. The number of hydrogen-bond donors (Lipinski definition) is 1. The Morgan fingerprint density at radius 1 is 1.45 bits per heavy atom. The maximum Gasteiger partial charge on any atom is 0.263 e. The second kappa shape index (κ2) is 10.6. The molecular formula is C15H25Cl2N3O2. The fraction of sp³-hybridized carbons (Fsp3) is 0.600. The van der Waals surface area contributed by atoms with E-state index in [1.165, 1.54) is 0 Å². The van der Waals surface area contributed by atoms with Crippen LogP contribution in [0.3, 0.4) is 0 Å². The van der Waals surface area contributed by atoms with E-state index in [4.69, 9.17) is 4.74 Å². The van der Waals surface area contributed by atoms with Gasteiger partial charge in [0, 0.05) is 19.3 Å². The summed E-state index contributed by atoms with van der Waals surface area (Å²) in [6.07, 6.45) is 4.98. The summed E-state index contributed by atoms with van der Waals surface area (Å²) in [6.45, 7) is 4.48. The van der Waals surface area contributed by atoms with E-state index < -0.39 is 6.10 Å². The molecule has 1 aromatic rings. The van der Waals surface area contributed by atoms with Gasteiger partial charge in [0.15, 0.2) is 6.10 Å². The van der Waals surface area contributed by atoms with Gasteiger partial charge in [-0.15, -0.1) is 24.8 Å². The molecule has 1 N–H and O–H groups in total. The molecule has 0 spiro atoms. The number of amides is 1. The van der Waals surface area contributed by atoms with Crippen LogP contribution in [0.2, 0.25) is 0 Å². The van der Waals surface area contributed by atoms with Gasteiger partial charge in [0.25, 0.3) is 5.91 Å². The van der Waals surface area contributed by atoms with E-state index in [1.54, 1.807) is 25.4 Å². The van der Waals surface area contributed by atoms with Crippen LogP contribution in [-0.2, 0) is 4.79 Å². The van der Waals surface area contributed by atoms with Crippen LogP contribution in [0.4, 0.5) is 0 Å². The van der Waals surface area contributed by atoms with Crippen LogP contribution in [-0.4, -0.2) is 48.6 Å². The summed E-state index contributed by atoms with van der Waals surface area (Å²) < 4.78 is 5.64. The Balaban J connectivity index is 0.00000220. The number of piperidine rings is 1. The third-order valence-electron chi connectivity index (χ3n) is 3.71. The summed E-state index contributed by atoms with van der Waals surface area (Å²) in [6, 6.07) is 3.62. The Hall–Kier alpha value is -1.04. The van der Waals surface area contributed by atoms with Crippen LogP contribution in [0.5, 0.6) is 5.75 Å². The van der Waals surface area contributed by atoms with E-state index in [2.05, 4.69) is 10.3 Å². The number of pyridine rings is 1. The Kier molecular flexibility index (Phi) is 10.1. The van der Waals surface area contributed by atoms with Crippen molar-refractivity contribution in [2.45, 2.75) is 25.9 Å². The average molecular weight is 350 g/mol. The highest BCUT2D eigenvalue weighted by atomic mass is 35.5. The van der Waals surface area contributed by atoms with Crippen LogP contribution in [0.25, 0.3) is 0 Å². The molecule has 1 fully saturated rings. The van der Waals surface area contributed by atoms with E-state index in [9.17, 15) is 4.79 Å². The zero-order valence-corrected chi connectivity index (χ0v) is 14.7. The predicted octanol–water partition coefficient (Wildman–Crippen LogP) is 2.15. The monoisotopic (exact) mass is 349 g/mol. The molecule has 1 unspecified atom stereocenters.